The Morgan fingerprint density at radius 1 is 0.934 bits per heavy atom. The van der Waals surface area contributed by atoms with Crippen LogP contribution in [-0.2, 0) is 28.5 Å². The summed E-state index contributed by atoms with van der Waals surface area (Å²) in [5, 5.41) is 29.5. The fraction of sp³-hybridized carbons (Fsp3) is 0.915. The van der Waals surface area contributed by atoms with Crippen molar-refractivity contribution in [2.45, 2.75) is 248 Å². The van der Waals surface area contributed by atoms with E-state index in [4.69, 9.17) is 30.4 Å². The van der Waals surface area contributed by atoms with E-state index in [9.17, 15) is 19.8 Å². The topological polar surface area (TPSA) is 195 Å². The number of esters is 1. The van der Waals surface area contributed by atoms with E-state index in [-0.39, 0.29) is 73.7 Å². The average molecular weight is 862 g/mol. The Morgan fingerprint density at radius 3 is 2.33 bits per heavy atom. The smallest absolute Gasteiger partial charge is 0.319 e. The van der Waals surface area contributed by atoms with E-state index in [0.29, 0.717) is 25.4 Å². The van der Waals surface area contributed by atoms with Crippen LogP contribution in [0, 0.1) is 5.92 Å². The minimum Gasteiger partial charge on any atom is -0.462 e. The predicted octanol–water partition coefficient (Wildman–Crippen LogP) is 4.35. The molecular formula is C47H85N6O8+. The van der Waals surface area contributed by atoms with Crippen molar-refractivity contribution in [3.63, 3.8) is 0 Å². The summed E-state index contributed by atoms with van der Waals surface area (Å²) in [5.41, 5.74) is 10.2. The first-order valence-electron chi connectivity index (χ1n) is 24.9. The van der Waals surface area contributed by atoms with Gasteiger partial charge in [0, 0.05) is 32.2 Å². The highest BCUT2D eigenvalue weighted by atomic mass is 16.7. The van der Waals surface area contributed by atoms with E-state index < -0.39 is 23.8 Å². The second kappa shape index (κ2) is 22.9. The third-order valence-corrected chi connectivity index (χ3v) is 14.9. The largest absolute Gasteiger partial charge is 0.462 e. The Labute approximate surface area is 366 Å². The number of amides is 1. The number of unbranched alkanes of at least 4 members (excludes halogenated alkanes) is 10. The molecule has 6 heterocycles. The summed E-state index contributed by atoms with van der Waals surface area (Å²) in [6, 6.07) is 0.602. The lowest BCUT2D eigenvalue weighted by atomic mass is 9.79. The predicted molar refractivity (Wildman–Crippen MR) is 234 cm³/mol. The zero-order valence-electron chi connectivity index (χ0n) is 38.1. The number of nitrogens with zero attached hydrogens (tertiary/aromatic N) is 1. The maximum atomic E-state index is 14.5. The SMILES string of the molecule is CC/C=C/[C@H]1CC[C@@]2(C[C@@H]3CC[C@@H]4[C@H](C(=O)O[C@H](CC)CCCCCCCCCCCCC[C@@H]5O[C@](O)(CCN)[C@H](O)N(CCCN)C5=O)[C@]5(CCC[C@@H](C)O5)NC(N2)[NH+]34)O1. The molecule has 0 aromatic heterocycles. The van der Waals surface area contributed by atoms with Crippen LogP contribution in [0.3, 0.4) is 0 Å². The number of hydrogen-bond acceptors (Lipinski definition) is 12. The van der Waals surface area contributed by atoms with E-state index in [1.165, 1.54) is 41.9 Å². The number of allylic oxidation sites excluding steroid dienone is 1. The summed E-state index contributed by atoms with van der Waals surface area (Å²) in [4.78, 5) is 30.2. The number of nitrogens with two attached hydrogens (primary N) is 2. The maximum absolute atomic E-state index is 14.5. The lowest BCUT2D eigenvalue weighted by molar-refractivity contribution is -0.985. The van der Waals surface area contributed by atoms with Gasteiger partial charge in [-0.3, -0.25) is 9.59 Å². The number of morpholine rings is 1. The molecule has 14 nitrogen and oxygen atoms in total. The van der Waals surface area contributed by atoms with E-state index >= 15 is 0 Å². The molecule has 0 aromatic rings. The zero-order chi connectivity index (χ0) is 43.5. The van der Waals surface area contributed by atoms with Crippen LogP contribution in [0.2, 0.25) is 0 Å². The highest BCUT2D eigenvalue weighted by Crippen LogP contribution is 2.43. The molecule has 6 aliphatic rings. The van der Waals surface area contributed by atoms with Gasteiger partial charge in [0.2, 0.25) is 12.1 Å². The zero-order valence-corrected chi connectivity index (χ0v) is 38.1. The van der Waals surface area contributed by atoms with Crippen molar-refractivity contribution in [1.29, 1.82) is 0 Å². The Balaban J connectivity index is 0.874. The van der Waals surface area contributed by atoms with Crippen LogP contribution in [0.15, 0.2) is 12.2 Å². The summed E-state index contributed by atoms with van der Waals surface area (Å²) in [7, 11) is 0. The molecule has 0 aliphatic carbocycles. The Bertz CT molecular complexity index is 1410. The van der Waals surface area contributed by atoms with Gasteiger partial charge in [0.1, 0.15) is 29.7 Å². The van der Waals surface area contributed by atoms with Crippen molar-refractivity contribution in [2.75, 3.05) is 19.6 Å². The van der Waals surface area contributed by atoms with Gasteiger partial charge in [-0.15, -0.1) is 0 Å². The van der Waals surface area contributed by atoms with Gasteiger partial charge in [-0.2, -0.15) is 0 Å². The third-order valence-electron chi connectivity index (χ3n) is 14.9. The summed E-state index contributed by atoms with van der Waals surface area (Å²) in [6.07, 6.45) is 26.6. The van der Waals surface area contributed by atoms with Crippen molar-refractivity contribution < 1.29 is 43.6 Å². The first-order chi connectivity index (χ1) is 29.5. The van der Waals surface area contributed by atoms with Crippen LogP contribution in [0.25, 0.3) is 0 Å². The van der Waals surface area contributed by atoms with E-state index in [0.717, 1.165) is 109 Å². The third kappa shape index (κ3) is 12.0. The van der Waals surface area contributed by atoms with Crippen LogP contribution in [-0.4, -0.2) is 113 Å². The second-order valence-corrected chi connectivity index (χ2v) is 19.5. The van der Waals surface area contributed by atoms with Crippen LogP contribution in [0.5, 0.6) is 0 Å². The summed E-state index contributed by atoms with van der Waals surface area (Å²) in [5.74, 6) is -2.53. The van der Waals surface area contributed by atoms with Gasteiger partial charge in [-0.05, 0) is 90.6 Å². The Kier molecular flexibility index (Phi) is 18.3. The summed E-state index contributed by atoms with van der Waals surface area (Å²) < 4.78 is 25.8. The molecule has 350 valence electrons. The maximum Gasteiger partial charge on any atom is 0.319 e. The minimum atomic E-state index is -1.85. The first kappa shape index (κ1) is 48.7. The van der Waals surface area contributed by atoms with Crippen LogP contribution >= 0.6 is 0 Å². The number of aliphatic hydroxyl groups is 2. The Morgan fingerprint density at radius 2 is 1.66 bits per heavy atom. The molecule has 2 spiro atoms. The molecule has 6 aliphatic heterocycles. The lowest BCUT2D eigenvalue weighted by Crippen LogP contribution is -3.28. The molecule has 0 saturated carbocycles. The number of rotatable bonds is 24. The molecular weight excluding hydrogens is 777 g/mol. The van der Waals surface area contributed by atoms with Crippen molar-refractivity contribution >= 4 is 11.9 Å². The first-order valence-corrected chi connectivity index (χ1v) is 24.9. The van der Waals surface area contributed by atoms with Gasteiger partial charge in [-0.1, -0.05) is 90.2 Å². The van der Waals surface area contributed by atoms with Crippen molar-refractivity contribution in [2.24, 2.45) is 17.4 Å². The fourth-order valence-electron chi connectivity index (χ4n) is 11.8. The standard InChI is InChI=1S/C47H84N6O8/c1-4-6-21-37-26-28-45(60-37)33-35-24-25-38-40(46(27-18-20-34(3)59-46)51-44(50-45)53(35)38)42(55)58-36(5-2)22-16-14-12-10-8-7-9-11-13-15-17-23-39-41(54)52(32-19-30-48)43(56)47(57,61-39)29-31-49/h6,21,34-40,43-44,50-51,56-57H,4-5,7-20,22-33,48-49H2,1-3H3/p+1/b21-6+/t34-,35+,36-,37+,38-,39+,40-,43+,44?,45+,46-,47-/m1/s1. The number of carbonyl (C=O) groups is 2. The van der Waals surface area contributed by atoms with E-state index in [1.54, 1.807) is 0 Å². The summed E-state index contributed by atoms with van der Waals surface area (Å²) >= 11 is 0. The molecule has 61 heavy (non-hydrogen) atoms. The summed E-state index contributed by atoms with van der Waals surface area (Å²) in [6.45, 7) is 7.27. The van der Waals surface area contributed by atoms with Crippen LogP contribution in [0.4, 0.5) is 0 Å². The van der Waals surface area contributed by atoms with E-state index in [1.807, 2.05) is 0 Å². The highest BCUT2D eigenvalue weighted by molar-refractivity contribution is 5.82. The number of nitrogens with one attached hydrogen (secondary N) is 3. The number of quaternary nitrogens is 1. The molecule has 0 bridgehead atoms. The molecule has 6 fully saturated rings. The van der Waals surface area contributed by atoms with E-state index in [2.05, 4.69) is 43.6 Å². The van der Waals surface area contributed by atoms with Crippen molar-refractivity contribution in [1.82, 2.24) is 15.5 Å². The fourth-order valence-corrected chi connectivity index (χ4v) is 11.8. The molecule has 9 N–H and O–H groups in total. The monoisotopic (exact) mass is 862 g/mol. The number of aliphatic hydroxyl groups excluding tert-OH is 1. The minimum absolute atomic E-state index is 0.0145. The number of ether oxygens (including phenoxy) is 4. The Hall–Kier alpha value is -1.72. The molecule has 14 heteroatoms. The van der Waals surface area contributed by atoms with Crippen LogP contribution in [0.1, 0.15) is 181 Å². The second-order valence-electron chi connectivity index (χ2n) is 19.5. The normalized spacial score (nSPS) is 37.9. The number of carbonyl (C=O) groups excluding carboxylic acids is 2. The molecule has 6 rings (SSSR count). The number of hydrogen-bond donors (Lipinski definition) is 7. The quantitative estimate of drug-likeness (QED) is 0.0413. The average Bonchev–Trinajstić information content (AvgIpc) is 3.83. The van der Waals surface area contributed by atoms with Gasteiger partial charge in [0.05, 0.1) is 18.2 Å². The van der Waals surface area contributed by atoms with Gasteiger partial charge < -0.3 is 50.4 Å². The van der Waals surface area contributed by atoms with Gasteiger partial charge in [-0.25, -0.2) is 10.6 Å². The molecule has 1 amide bonds. The molecule has 2 unspecified atom stereocenters. The highest BCUT2D eigenvalue weighted by Gasteiger charge is 2.67. The molecule has 0 aromatic carbocycles. The van der Waals surface area contributed by atoms with Gasteiger partial charge >= 0.3 is 5.97 Å². The van der Waals surface area contributed by atoms with Crippen LogP contribution < -0.4 is 27.0 Å². The molecule has 0 radical (unpaired) electrons. The lowest BCUT2D eigenvalue weighted by Gasteiger charge is -2.57. The molecule has 13 atom stereocenters. The van der Waals surface area contributed by atoms with Crippen molar-refractivity contribution in [3.8, 4) is 0 Å². The van der Waals surface area contributed by atoms with Crippen molar-refractivity contribution in [3.05, 3.63) is 12.2 Å². The van der Waals surface area contributed by atoms with Gasteiger partial charge in [0.15, 0.2) is 12.1 Å². The van der Waals surface area contributed by atoms with Gasteiger partial charge in [0.25, 0.3) is 5.91 Å². The molecule has 6 saturated heterocycles.